The lowest BCUT2D eigenvalue weighted by molar-refractivity contribution is -0.227. The first-order valence-electron chi connectivity index (χ1n) is 28.3. The first kappa shape index (κ1) is 53.4. The van der Waals surface area contributed by atoms with Crippen LogP contribution in [0.4, 0.5) is 0 Å². The summed E-state index contributed by atoms with van der Waals surface area (Å²) in [5.74, 6) is 3.16. The van der Waals surface area contributed by atoms with Crippen LogP contribution < -0.4 is 16.8 Å². The highest BCUT2D eigenvalue weighted by molar-refractivity contribution is 6.00. The molecule has 0 aromatic carbocycles. The summed E-state index contributed by atoms with van der Waals surface area (Å²) < 4.78 is 6.28. The molecule has 10 rings (SSSR count). The van der Waals surface area contributed by atoms with Gasteiger partial charge in [0.2, 0.25) is 0 Å². The number of hydrogen-bond acceptors (Lipinski definition) is 12. The third-order valence-corrected chi connectivity index (χ3v) is 22.0. The maximum Gasteiger partial charge on any atom is 0.314 e. The zero-order valence-electron chi connectivity index (χ0n) is 44.5. The molecule has 23 unspecified atom stereocenters. The highest BCUT2D eigenvalue weighted by Gasteiger charge is 2.78. The Labute approximate surface area is 437 Å². The zero-order chi connectivity index (χ0) is 53.0. The number of esters is 1. The fourth-order valence-electron chi connectivity index (χ4n) is 18.8. The molecule has 9 aliphatic rings. The summed E-state index contributed by atoms with van der Waals surface area (Å²) in [5.41, 5.74) is 9.14. The number of aromatic amines is 1. The van der Waals surface area contributed by atoms with Gasteiger partial charge in [-0.3, -0.25) is 19.4 Å². The van der Waals surface area contributed by atoms with E-state index in [4.69, 9.17) is 16.2 Å². The van der Waals surface area contributed by atoms with Gasteiger partial charge in [0.05, 0.1) is 47.7 Å². The van der Waals surface area contributed by atoms with Gasteiger partial charge in [0.25, 0.3) is 0 Å². The van der Waals surface area contributed by atoms with E-state index in [1.807, 2.05) is 25.4 Å². The summed E-state index contributed by atoms with van der Waals surface area (Å²) in [4.78, 5) is 50.6. The number of fused-ring (bicyclic) bond motifs is 10. The summed E-state index contributed by atoms with van der Waals surface area (Å²) in [6.45, 7) is 11.2. The number of Topliss-reactive ketones (excluding diaryl/α,β-unsaturated/α-hetero) is 2. The van der Waals surface area contributed by atoms with Gasteiger partial charge in [0.1, 0.15) is 12.1 Å². The molecule has 0 amide bonds. The highest BCUT2D eigenvalue weighted by Crippen LogP contribution is 2.77. The molecule has 8 aliphatic carbocycles. The number of ketones is 2. The van der Waals surface area contributed by atoms with Crippen LogP contribution in [0.25, 0.3) is 0 Å². The summed E-state index contributed by atoms with van der Waals surface area (Å²) >= 11 is 0. The number of nitrogens with one attached hydrogen (secondary N) is 2. The van der Waals surface area contributed by atoms with Crippen LogP contribution in [-0.2, 0) is 19.1 Å². The van der Waals surface area contributed by atoms with Crippen molar-refractivity contribution in [3.63, 3.8) is 0 Å². The van der Waals surface area contributed by atoms with Gasteiger partial charge in [-0.25, -0.2) is 0 Å². The Kier molecular flexibility index (Phi) is 14.2. The van der Waals surface area contributed by atoms with Crippen LogP contribution in [0.5, 0.6) is 0 Å². The van der Waals surface area contributed by atoms with Crippen LogP contribution in [0.3, 0.4) is 0 Å². The quantitative estimate of drug-likeness (QED) is 0.0525. The SMILES string of the molecule is CCC1OC(=O)C(c2cc[nH]c2)C1C1C#CCC2CC3(O)C4=C(NC(CO)C(C)=O)C(=O)C5CC(O)C(O)CC5(C)C4C4CCC(CN=C(N)N)C3(C4)C2C(C)(O)C(O)CC(C)C2CC=C3CCC(C)CC3C2C1. The first-order valence-corrected chi connectivity index (χ1v) is 28.3. The average molecular weight is 1020 g/mol. The molecule has 5 saturated carbocycles. The van der Waals surface area contributed by atoms with Crippen molar-refractivity contribution >= 4 is 23.5 Å². The molecule has 2 heterocycles. The van der Waals surface area contributed by atoms with E-state index in [2.05, 4.69) is 54.0 Å². The van der Waals surface area contributed by atoms with E-state index < -0.39 is 100 Å². The zero-order valence-corrected chi connectivity index (χ0v) is 44.5. The lowest BCUT2D eigenvalue weighted by Crippen LogP contribution is -2.70. The molecule has 12 N–H and O–H groups in total. The minimum atomic E-state index is -1.89. The lowest BCUT2D eigenvalue weighted by Gasteiger charge is -2.68. The number of ether oxygens (including phenoxy) is 1. The molecule has 406 valence electrons. The normalized spacial score (nSPS) is 47.2. The number of aliphatic hydroxyl groups is 6. The predicted molar refractivity (Wildman–Crippen MR) is 278 cm³/mol. The van der Waals surface area contributed by atoms with Crippen molar-refractivity contribution in [1.29, 1.82) is 0 Å². The van der Waals surface area contributed by atoms with Gasteiger partial charge >= 0.3 is 5.97 Å². The number of aliphatic imine (C=N–C) groups is 1. The number of H-pyrrole nitrogens is 1. The van der Waals surface area contributed by atoms with Crippen LogP contribution in [-0.4, -0.2) is 114 Å². The van der Waals surface area contributed by atoms with E-state index in [1.165, 1.54) is 12.5 Å². The molecule has 15 heteroatoms. The molecule has 15 nitrogen and oxygen atoms in total. The van der Waals surface area contributed by atoms with Gasteiger partial charge in [-0.15, -0.1) is 5.92 Å². The van der Waals surface area contributed by atoms with Crippen molar-refractivity contribution in [2.45, 2.75) is 179 Å². The molecule has 1 aliphatic heterocycles. The van der Waals surface area contributed by atoms with E-state index in [1.54, 1.807) is 6.92 Å². The van der Waals surface area contributed by atoms with E-state index in [0.717, 1.165) is 37.7 Å². The number of cyclic esters (lactones) is 1. The maximum atomic E-state index is 15.5. The number of allylic oxidation sites excluding steroid dienone is 3. The fraction of sp³-hybridized carbons (Fsp3) is 0.763. The molecule has 1 spiro atoms. The van der Waals surface area contributed by atoms with Crippen LogP contribution in [0, 0.1) is 99.6 Å². The number of aliphatic hydroxyl groups excluding tert-OH is 4. The minimum absolute atomic E-state index is 0.0139. The number of rotatable bonds is 9. The summed E-state index contributed by atoms with van der Waals surface area (Å²) in [7, 11) is 0. The number of guanidine groups is 1. The van der Waals surface area contributed by atoms with Crippen LogP contribution in [0.1, 0.15) is 143 Å². The van der Waals surface area contributed by atoms with Gasteiger partial charge < -0.3 is 57.1 Å². The molecule has 1 aromatic heterocycles. The number of carbonyl (C=O) groups excluding carboxylic acids is 3. The van der Waals surface area contributed by atoms with Gasteiger partial charge in [-0.05, 0) is 173 Å². The molecule has 6 fully saturated rings. The number of nitrogens with zero attached hydrogens (tertiary/aromatic N) is 1. The second-order valence-corrected chi connectivity index (χ2v) is 25.8. The molecule has 2 bridgehead atoms. The molecule has 74 heavy (non-hydrogen) atoms. The second kappa shape index (κ2) is 19.8. The van der Waals surface area contributed by atoms with E-state index >= 15 is 4.79 Å². The molecule has 1 aromatic rings. The smallest absolute Gasteiger partial charge is 0.314 e. The second-order valence-electron chi connectivity index (χ2n) is 25.8. The predicted octanol–water partition coefficient (Wildman–Crippen LogP) is 4.79. The Balaban J connectivity index is 1.19. The Bertz CT molecular complexity index is 2490. The fourth-order valence-corrected chi connectivity index (χ4v) is 18.8. The summed E-state index contributed by atoms with van der Waals surface area (Å²) in [5, 5.41) is 78.1. The number of hydrogen-bond donors (Lipinski definition) is 10. The largest absolute Gasteiger partial charge is 0.462 e. The van der Waals surface area contributed by atoms with Crippen molar-refractivity contribution in [1.82, 2.24) is 10.3 Å². The van der Waals surface area contributed by atoms with Crippen molar-refractivity contribution in [3.8, 4) is 11.8 Å². The van der Waals surface area contributed by atoms with Crippen molar-refractivity contribution in [3.05, 3.63) is 46.9 Å². The third-order valence-electron chi connectivity index (χ3n) is 22.0. The molecule has 0 radical (unpaired) electrons. The van der Waals surface area contributed by atoms with Crippen molar-refractivity contribution in [2.24, 2.45) is 104 Å². The lowest BCUT2D eigenvalue weighted by atomic mass is 9.37. The van der Waals surface area contributed by atoms with E-state index in [9.17, 15) is 40.2 Å². The van der Waals surface area contributed by atoms with Gasteiger partial charge in [0.15, 0.2) is 17.5 Å². The topological polar surface area (TPSA) is 274 Å². The van der Waals surface area contributed by atoms with Gasteiger partial charge in [-0.2, -0.15) is 0 Å². The first-order chi connectivity index (χ1) is 35.1. The summed E-state index contributed by atoms with van der Waals surface area (Å²) in [6, 6.07) is 0.778. The average Bonchev–Trinajstić information content (AvgIpc) is 4.06. The monoisotopic (exact) mass is 1020 g/mol. The molecule has 1 saturated heterocycles. The van der Waals surface area contributed by atoms with E-state index in [-0.39, 0.29) is 97.9 Å². The minimum Gasteiger partial charge on any atom is -0.462 e. The van der Waals surface area contributed by atoms with Crippen LogP contribution in [0.2, 0.25) is 0 Å². The van der Waals surface area contributed by atoms with Crippen molar-refractivity contribution in [2.75, 3.05) is 13.2 Å². The number of nitrogens with two attached hydrogens (primary N) is 2. The Morgan fingerprint density at radius 1 is 1.00 bits per heavy atom. The van der Waals surface area contributed by atoms with Crippen LogP contribution >= 0.6 is 0 Å². The Morgan fingerprint density at radius 3 is 2.46 bits per heavy atom. The van der Waals surface area contributed by atoms with Gasteiger partial charge in [0, 0.05) is 54.4 Å². The van der Waals surface area contributed by atoms with Gasteiger partial charge in [-0.1, -0.05) is 45.3 Å². The molecular weight excluding hydrogens is 939 g/mol. The van der Waals surface area contributed by atoms with Crippen molar-refractivity contribution < 1.29 is 49.8 Å². The third kappa shape index (κ3) is 8.36. The van der Waals surface area contributed by atoms with E-state index in [0.29, 0.717) is 43.1 Å². The molecule has 23 atom stereocenters. The Morgan fingerprint density at radius 2 is 1.77 bits per heavy atom. The number of carbonyl (C=O) groups is 3. The molecular formula is C59H85N5O10. The highest BCUT2D eigenvalue weighted by atomic mass is 16.6. The Hall–Kier alpha value is -4.04. The van der Waals surface area contributed by atoms with Crippen LogP contribution in [0.15, 0.2) is 46.4 Å². The number of aromatic nitrogens is 1. The summed E-state index contributed by atoms with van der Waals surface area (Å²) in [6.07, 6.45) is 9.93. The maximum absolute atomic E-state index is 15.5. The standard InChI is InChI=1S/C59H85N5O10/c1-7-45-47(48(54(71)74-45)36-17-18-62-26-36)33-9-8-10-35-24-59(73)50-49(56(5)25-44(68)43(67)22-41(56)52(70)51(50)64-42(28-65)31(4)66)34-13-15-37(27-63-55(60)61)58(59,23-34)53(35)57(6,72)46(69)20-30(3)38-16-14-32-12-11-29(2)19-39(32)40(38)21-33/h14,17-18,26,29-30,33-35,37-49,53,62,64-65,67-69,72-73H,7,10-13,15-16,19-25,27-28H2,1-6H3,(H4,60,61,63).